The Labute approximate surface area is 264 Å². The quantitative estimate of drug-likeness (QED) is 0.0983. The van der Waals surface area contributed by atoms with Gasteiger partial charge in [0.25, 0.3) is 20.2 Å². The van der Waals surface area contributed by atoms with Gasteiger partial charge in [0, 0.05) is 12.1 Å². The van der Waals surface area contributed by atoms with E-state index in [2.05, 4.69) is 31.1 Å². The van der Waals surface area contributed by atoms with Gasteiger partial charge in [-0.25, -0.2) is 4.79 Å². The summed E-state index contributed by atoms with van der Waals surface area (Å²) in [5, 5.41) is 21.8. The average molecular weight is 669 g/mol. The maximum absolute atomic E-state index is 13.0. The number of ether oxygens (including phenoxy) is 2. The minimum absolute atomic E-state index is 0.193. The van der Waals surface area contributed by atoms with Gasteiger partial charge in [0.15, 0.2) is 0 Å². The van der Waals surface area contributed by atoms with E-state index < -0.39 is 26.3 Å². The number of nitrogens with one attached hydrogen (secondary N) is 2. The number of nitrogens with zero attached hydrogens (tertiary/aromatic N) is 4. The molecule has 0 aliphatic carbocycles. The van der Waals surface area contributed by atoms with Crippen molar-refractivity contribution in [2.45, 2.75) is 23.6 Å². The summed E-state index contributed by atoms with van der Waals surface area (Å²) in [6.45, 7) is 3.45. The van der Waals surface area contributed by atoms with E-state index in [4.69, 9.17) is 9.47 Å². The van der Waals surface area contributed by atoms with Crippen LogP contribution in [0.1, 0.15) is 11.1 Å². The van der Waals surface area contributed by atoms with E-state index in [0.717, 1.165) is 0 Å². The fourth-order valence-electron chi connectivity index (χ4n) is 4.01. The smallest absolute Gasteiger partial charge is 0.323 e. The Morgan fingerprint density at radius 3 is 1.37 bits per heavy atom. The lowest BCUT2D eigenvalue weighted by atomic mass is 10.1. The topological polar surface area (TPSA) is 218 Å². The van der Waals surface area contributed by atoms with Crippen molar-refractivity contribution in [2.24, 2.45) is 20.5 Å². The summed E-state index contributed by atoms with van der Waals surface area (Å²) < 4.78 is 75.0. The van der Waals surface area contributed by atoms with Crippen LogP contribution in [0, 0.1) is 13.8 Å². The number of hydrogen-bond donors (Lipinski definition) is 4. The molecule has 46 heavy (non-hydrogen) atoms. The summed E-state index contributed by atoms with van der Waals surface area (Å²) in [7, 11) is -6.00. The molecule has 4 aromatic rings. The third-order valence-corrected chi connectivity index (χ3v) is 8.01. The molecule has 0 spiro atoms. The van der Waals surface area contributed by atoms with E-state index in [0.29, 0.717) is 33.9 Å². The lowest BCUT2D eigenvalue weighted by molar-refractivity contribution is 0.262. The number of benzene rings is 4. The first-order valence-corrected chi connectivity index (χ1v) is 16.0. The molecule has 0 radical (unpaired) electrons. The Kier molecular flexibility index (Phi) is 10.1. The van der Waals surface area contributed by atoms with Gasteiger partial charge in [0.05, 0.1) is 58.1 Å². The number of hydrogen-bond acceptors (Lipinski definition) is 11. The van der Waals surface area contributed by atoms with Gasteiger partial charge in [0.1, 0.15) is 11.5 Å². The molecule has 0 heterocycles. The lowest BCUT2D eigenvalue weighted by Gasteiger charge is -2.15. The summed E-state index contributed by atoms with van der Waals surface area (Å²) in [6, 6.07) is 16.3. The number of carbonyl (C=O) groups excluding carboxylic acids is 1. The number of rotatable bonds is 10. The molecule has 0 aliphatic heterocycles. The SMILES string of the molecule is COc1cc(N=Nc2cccc(S(=O)(=O)O)c2)c(C)cc1NC(=O)Nc1cc(C)c(N=Nc2cccc(S(=O)(=O)O)c2)cc1OC. The zero-order valence-corrected chi connectivity index (χ0v) is 26.4. The second kappa shape index (κ2) is 13.8. The van der Waals surface area contributed by atoms with Crippen LogP contribution < -0.4 is 20.1 Å². The van der Waals surface area contributed by atoms with Crippen LogP contribution in [0.15, 0.2) is 103 Å². The highest BCUT2D eigenvalue weighted by Crippen LogP contribution is 2.36. The molecule has 0 fully saturated rings. The van der Waals surface area contributed by atoms with Gasteiger partial charge >= 0.3 is 6.03 Å². The molecule has 4 rings (SSSR count). The monoisotopic (exact) mass is 668 g/mol. The largest absolute Gasteiger partial charge is 0.494 e. The number of urea groups is 1. The maximum Gasteiger partial charge on any atom is 0.323 e. The Morgan fingerprint density at radius 1 is 0.630 bits per heavy atom. The Morgan fingerprint density at radius 2 is 1.02 bits per heavy atom. The van der Waals surface area contributed by atoms with Crippen LogP contribution in [0.3, 0.4) is 0 Å². The first-order valence-electron chi connectivity index (χ1n) is 13.1. The van der Waals surface area contributed by atoms with Crippen LogP contribution >= 0.6 is 0 Å². The molecule has 240 valence electrons. The predicted molar refractivity (Wildman–Crippen MR) is 169 cm³/mol. The molecule has 2 amide bonds. The summed E-state index contributed by atoms with van der Waals surface area (Å²) >= 11 is 0. The van der Waals surface area contributed by atoms with Gasteiger partial charge in [-0.3, -0.25) is 9.11 Å². The highest BCUT2D eigenvalue weighted by atomic mass is 32.2. The Bertz CT molecular complexity index is 1940. The molecule has 0 aromatic heterocycles. The first kappa shape index (κ1) is 33.7. The van der Waals surface area contributed by atoms with Crippen molar-refractivity contribution in [1.82, 2.24) is 0 Å². The number of carbonyl (C=O) groups is 1. The number of azo groups is 2. The van der Waals surface area contributed by atoms with Crippen LogP contribution in [-0.4, -0.2) is 46.2 Å². The number of methoxy groups -OCH3 is 2. The second-order valence-electron chi connectivity index (χ2n) is 9.60. The standard InChI is InChI=1S/C29H28N6O9S2/c1-17-11-25(27(43-3)15-23(17)34-32-19-7-5-9-21(13-19)45(37,38)39)30-29(36)31-26-12-18(2)24(16-28(26)44-4)35-33-20-8-6-10-22(14-20)46(40,41)42/h5-16H,1-4H3,(H2,30,31,36)(H,37,38,39)(H,40,41,42). The molecule has 0 bridgehead atoms. The Hall–Kier alpha value is -5.23. The van der Waals surface area contributed by atoms with Crippen molar-refractivity contribution < 1.29 is 40.2 Å². The van der Waals surface area contributed by atoms with E-state index in [1.54, 1.807) is 26.0 Å². The predicted octanol–water partition coefficient (Wildman–Crippen LogP) is 7.29. The maximum atomic E-state index is 13.0. The third kappa shape index (κ3) is 8.48. The van der Waals surface area contributed by atoms with E-state index >= 15 is 0 Å². The zero-order valence-electron chi connectivity index (χ0n) is 24.8. The second-order valence-corrected chi connectivity index (χ2v) is 12.4. The van der Waals surface area contributed by atoms with Crippen LogP contribution in [-0.2, 0) is 20.2 Å². The summed E-state index contributed by atoms with van der Waals surface area (Å²) in [4.78, 5) is 12.4. The van der Waals surface area contributed by atoms with E-state index in [9.17, 15) is 30.7 Å². The molecular formula is C29H28N6O9S2. The van der Waals surface area contributed by atoms with Gasteiger partial charge in [0.2, 0.25) is 0 Å². The molecule has 4 N–H and O–H groups in total. The highest BCUT2D eigenvalue weighted by Gasteiger charge is 2.16. The molecular weight excluding hydrogens is 640 g/mol. The first-order chi connectivity index (χ1) is 21.7. The molecule has 0 atom stereocenters. The number of anilines is 2. The van der Waals surface area contributed by atoms with Crippen molar-refractivity contribution in [3.05, 3.63) is 83.9 Å². The summed E-state index contributed by atoms with van der Waals surface area (Å²) in [5.41, 5.74) is 3.00. The molecule has 17 heteroatoms. The Balaban J connectivity index is 1.51. The van der Waals surface area contributed by atoms with Crippen molar-refractivity contribution >= 4 is 60.4 Å². The van der Waals surface area contributed by atoms with Crippen LogP contribution in [0.25, 0.3) is 0 Å². The fraction of sp³-hybridized carbons (Fsp3) is 0.138. The number of aryl methyl sites for hydroxylation is 2. The molecule has 15 nitrogen and oxygen atoms in total. The minimum atomic E-state index is -4.40. The summed E-state index contributed by atoms with van der Waals surface area (Å²) in [5.74, 6) is 0.525. The molecule has 0 aliphatic rings. The van der Waals surface area contributed by atoms with Gasteiger partial charge in [-0.2, -0.15) is 37.3 Å². The molecule has 0 saturated carbocycles. The van der Waals surface area contributed by atoms with Gasteiger partial charge in [-0.05, 0) is 73.5 Å². The van der Waals surface area contributed by atoms with E-state index in [-0.39, 0.29) is 32.7 Å². The van der Waals surface area contributed by atoms with Crippen molar-refractivity contribution in [3.63, 3.8) is 0 Å². The minimum Gasteiger partial charge on any atom is -0.494 e. The third-order valence-electron chi connectivity index (χ3n) is 6.31. The highest BCUT2D eigenvalue weighted by molar-refractivity contribution is 7.86. The lowest BCUT2D eigenvalue weighted by Crippen LogP contribution is -2.20. The molecule has 0 unspecified atom stereocenters. The zero-order chi connectivity index (χ0) is 33.6. The number of amides is 2. The summed E-state index contributed by atoms with van der Waals surface area (Å²) in [6.07, 6.45) is 0. The van der Waals surface area contributed by atoms with Crippen LogP contribution in [0.5, 0.6) is 11.5 Å². The fourth-order valence-corrected chi connectivity index (χ4v) is 5.06. The van der Waals surface area contributed by atoms with Gasteiger partial charge < -0.3 is 20.1 Å². The van der Waals surface area contributed by atoms with Crippen LogP contribution in [0.2, 0.25) is 0 Å². The van der Waals surface area contributed by atoms with Gasteiger partial charge in [-0.1, -0.05) is 12.1 Å². The van der Waals surface area contributed by atoms with Gasteiger partial charge in [-0.15, -0.1) is 0 Å². The van der Waals surface area contributed by atoms with Crippen LogP contribution in [0.4, 0.5) is 38.9 Å². The van der Waals surface area contributed by atoms with Crippen molar-refractivity contribution in [1.29, 1.82) is 0 Å². The molecule has 4 aromatic carbocycles. The van der Waals surface area contributed by atoms with Crippen molar-refractivity contribution in [2.75, 3.05) is 24.9 Å². The van der Waals surface area contributed by atoms with E-state index in [1.165, 1.54) is 74.9 Å². The molecule has 0 saturated heterocycles. The van der Waals surface area contributed by atoms with E-state index in [1.807, 2.05) is 0 Å². The average Bonchev–Trinajstić information content (AvgIpc) is 2.99. The normalized spacial score (nSPS) is 12.0. The van der Waals surface area contributed by atoms with Crippen molar-refractivity contribution in [3.8, 4) is 11.5 Å².